The second-order valence-electron chi connectivity index (χ2n) is 4.87. The van der Waals surface area contributed by atoms with E-state index in [0.29, 0.717) is 0 Å². The number of piperidine rings is 1. The quantitative estimate of drug-likeness (QED) is 0.536. The van der Waals surface area contributed by atoms with Crippen LogP contribution < -0.4 is 0 Å². The molecule has 0 spiro atoms. The molecule has 0 N–H and O–H groups in total. The van der Waals surface area contributed by atoms with E-state index in [2.05, 4.69) is 18.9 Å². The molecule has 2 fully saturated rings. The molecule has 0 amide bonds. The zero-order chi connectivity index (χ0) is 8.55. The van der Waals surface area contributed by atoms with Gasteiger partial charge in [-0.05, 0) is 57.5 Å². The topological polar surface area (TPSA) is 3.24 Å². The number of likely N-dealkylation sites (tertiary alicyclic amines) is 1. The third-order valence-electron chi connectivity index (χ3n) is 3.86. The fourth-order valence-corrected chi connectivity index (χ4v) is 3.14. The molecule has 2 unspecified atom stereocenters. The maximum atomic E-state index is 2.60. The lowest BCUT2D eigenvalue weighted by molar-refractivity contribution is 0.0654. The Morgan fingerprint density at radius 3 is 2.83 bits per heavy atom. The van der Waals surface area contributed by atoms with Gasteiger partial charge in [-0.1, -0.05) is 6.92 Å². The van der Waals surface area contributed by atoms with E-state index in [9.17, 15) is 0 Å². The molecule has 1 aliphatic carbocycles. The van der Waals surface area contributed by atoms with Crippen molar-refractivity contribution < 1.29 is 0 Å². The highest BCUT2D eigenvalue weighted by atomic mass is 15.1. The Labute approximate surface area is 76.1 Å². The monoisotopic (exact) mass is 167 g/mol. The summed E-state index contributed by atoms with van der Waals surface area (Å²) in [5.41, 5.74) is 0. The van der Waals surface area contributed by atoms with Gasteiger partial charge < -0.3 is 4.90 Å². The van der Waals surface area contributed by atoms with E-state index in [1.165, 1.54) is 38.6 Å². The largest absolute Gasteiger partial charge is 0.303 e. The lowest BCUT2D eigenvalue weighted by atomic mass is 9.74. The first kappa shape index (κ1) is 8.55. The Morgan fingerprint density at radius 2 is 2.00 bits per heavy atom. The van der Waals surface area contributed by atoms with Crippen molar-refractivity contribution in [3.63, 3.8) is 0 Å². The third-order valence-corrected chi connectivity index (χ3v) is 3.86. The maximum Gasteiger partial charge on any atom is 0.0121 e. The van der Waals surface area contributed by atoms with E-state index in [-0.39, 0.29) is 0 Å². The van der Waals surface area contributed by atoms with Crippen LogP contribution in [0.5, 0.6) is 0 Å². The first-order valence-electron chi connectivity index (χ1n) is 5.47. The van der Waals surface area contributed by atoms with E-state index < -0.39 is 0 Å². The highest BCUT2D eigenvalue weighted by molar-refractivity contribution is 4.87. The van der Waals surface area contributed by atoms with Gasteiger partial charge in [0.15, 0.2) is 0 Å². The van der Waals surface area contributed by atoms with Crippen LogP contribution in [0.2, 0.25) is 0 Å². The van der Waals surface area contributed by atoms with Crippen molar-refractivity contribution >= 4 is 0 Å². The molecule has 70 valence electrons. The van der Waals surface area contributed by atoms with Crippen LogP contribution in [0.15, 0.2) is 0 Å². The summed E-state index contributed by atoms with van der Waals surface area (Å²) in [5.74, 6) is 2.03. The van der Waals surface area contributed by atoms with E-state index >= 15 is 0 Å². The molecule has 1 heteroatoms. The molecule has 12 heavy (non-hydrogen) atoms. The van der Waals surface area contributed by atoms with Gasteiger partial charge in [0, 0.05) is 6.04 Å². The Hall–Kier alpha value is -0.0400. The molecule has 1 nitrogen and oxygen atoms in total. The van der Waals surface area contributed by atoms with Crippen LogP contribution in [0.4, 0.5) is 0 Å². The van der Waals surface area contributed by atoms with Crippen LogP contribution in [0, 0.1) is 11.8 Å². The minimum absolute atomic E-state index is 0.940. The average molecular weight is 167 g/mol. The maximum absolute atomic E-state index is 2.60. The predicted molar refractivity (Wildman–Crippen MR) is 52.2 cm³/mol. The summed E-state index contributed by atoms with van der Waals surface area (Å²) in [7, 11) is 2.31. The van der Waals surface area contributed by atoms with Gasteiger partial charge in [-0.15, -0.1) is 0 Å². The molecule has 0 radical (unpaired) electrons. The summed E-state index contributed by atoms with van der Waals surface area (Å²) in [6.07, 6.45) is 7.35. The zero-order valence-electron chi connectivity index (χ0n) is 8.42. The van der Waals surface area contributed by atoms with Gasteiger partial charge in [0.1, 0.15) is 0 Å². The number of fused-ring (bicyclic) bond motifs is 1. The van der Waals surface area contributed by atoms with Gasteiger partial charge >= 0.3 is 0 Å². The van der Waals surface area contributed by atoms with Gasteiger partial charge in [0.25, 0.3) is 0 Å². The van der Waals surface area contributed by atoms with Crippen molar-refractivity contribution in [2.24, 2.45) is 11.8 Å². The van der Waals surface area contributed by atoms with Gasteiger partial charge in [-0.3, -0.25) is 0 Å². The molecule has 1 heterocycles. The molecule has 3 atom stereocenters. The molecular formula is C11H21N. The average Bonchev–Trinajstić information content (AvgIpc) is 2.04. The van der Waals surface area contributed by atoms with E-state index in [4.69, 9.17) is 0 Å². The Balaban J connectivity index is 1.99. The highest BCUT2D eigenvalue weighted by Gasteiger charge is 2.33. The summed E-state index contributed by atoms with van der Waals surface area (Å²) in [6, 6.07) is 0.940. The summed E-state index contributed by atoms with van der Waals surface area (Å²) < 4.78 is 0. The molecule has 0 aromatic carbocycles. The standard InChI is InChI=1S/C11H21N/c1-9-5-6-11-10(8-9)4-3-7-12(11)2/h9-11H,3-8H2,1-2H3/t9-,10?,11?/m1/s1. The van der Waals surface area contributed by atoms with Crippen molar-refractivity contribution in [3.05, 3.63) is 0 Å². The summed E-state index contributed by atoms with van der Waals surface area (Å²) in [4.78, 5) is 2.60. The van der Waals surface area contributed by atoms with Crippen molar-refractivity contribution in [2.45, 2.75) is 45.1 Å². The number of hydrogen-bond acceptors (Lipinski definition) is 1. The van der Waals surface area contributed by atoms with Gasteiger partial charge in [-0.25, -0.2) is 0 Å². The van der Waals surface area contributed by atoms with Crippen LogP contribution in [0.3, 0.4) is 0 Å². The summed E-state index contributed by atoms with van der Waals surface area (Å²) >= 11 is 0. The number of rotatable bonds is 0. The fraction of sp³-hybridized carbons (Fsp3) is 1.00. The number of hydrogen-bond donors (Lipinski definition) is 0. The van der Waals surface area contributed by atoms with Crippen LogP contribution in [-0.2, 0) is 0 Å². The SMILES string of the molecule is C[C@@H]1CCC2C(CCCN2C)C1. The van der Waals surface area contributed by atoms with Crippen LogP contribution >= 0.6 is 0 Å². The first-order valence-corrected chi connectivity index (χ1v) is 5.47. The molecular weight excluding hydrogens is 146 g/mol. The predicted octanol–water partition coefficient (Wildman–Crippen LogP) is 2.52. The molecule has 2 aliphatic rings. The normalized spacial score (nSPS) is 44.0. The van der Waals surface area contributed by atoms with Gasteiger partial charge in [0.2, 0.25) is 0 Å². The van der Waals surface area contributed by atoms with E-state index in [1.807, 2.05) is 0 Å². The zero-order valence-corrected chi connectivity index (χ0v) is 8.42. The van der Waals surface area contributed by atoms with Crippen molar-refractivity contribution in [1.82, 2.24) is 4.90 Å². The second-order valence-corrected chi connectivity index (χ2v) is 4.87. The molecule has 1 saturated carbocycles. The molecule has 0 bridgehead atoms. The second kappa shape index (κ2) is 3.37. The van der Waals surface area contributed by atoms with E-state index in [1.54, 1.807) is 0 Å². The smallest absolute Gasteiger partial charge is 0.0121 e. The molecule has 0 aromatic rings. The summed E-state index contributed by atoms with van der Waals surface area (Å²) in [6.45, 7) is 3.76. The molecule has 1 aliphatic heterocycles. The van der Waals surface area contributed by atoms with E-state index in [0.717, 1.165) is 17.9 Å². The fourth-order valence-electron chi connectivity index (χ4n) is 3.14. The van der Waals surface area contributed by atoms with Crippen molar-refractivity contribution in [2.75, 3.05) is 13.6 Å². The minimum Gasteiger partial charge on any atom is -0.303 e. The Bertz CT molecular complexity index is 155. The lowest BCUT2D eigenvalue weighted by Gasteiger charge is -2.44. The van der Waals surface area contributed by atoms with Crippen LogP contribution in [0.25, 0.3) is 0 Å². The highest BCUT2D eigenvalue weighted by Crippen LogP contribution is 2.36. The molecule has 2 rings (SSSR count). The minimum atomic E-state index is 0.940. The molecule has 1 saturated heterocycles. The lowest BCUT2D eigenvalue weighted by Crippen LogP contribution is -2.45. The Morgan fingerprint density at radius 1 is 1.17 bits per heavy atom. The van der Waals surface area contributed by atoms with Gasteiger partial charge in [0.05, 0.1) is 0 Å². The first-order chi connectivity index (χ1) is 5.77. The third kappa shape index (κ3) is 1.52. The molecule has 0 aromatic heterocycles. The van der Waals surface area contributed by atoms with Crippen LogP contribution in [0.1, 0.15) is 39.0 Å². The van der Waals surface area contributed by atoms with Crippen molar-refractivity contribution in [1.29, 1.82) is 0 Å². The van der Waals surface area contributed by atoms with Crippen molar-refractivity contribution in [3.8, 4) is 0 Å². The van der Waals surface area contributed by atoms with Gasteiger partial charge in [-0.2, -0.15) is 0 Å². The van der Waals surface area contributed by atoms with Crippen LogP contribution in [-0.4, -0.2) is 24.5 Å². The summed E-state index contributed by atoms with van der Waals surface area (Å²) in [5, 5.41) is 0. The Kier molecular flexibility index (Phi) is 2.40. The number of nitrogens with zero attached hydrogens (tertiary/aromatic N) is 1.